The van der Waals surface area contributed by atoms with Crippen LogP contribution in [0, 0.1) is 23.7 Å². The van der Waals surface area contributed by atoms with Crippen LogP contribution in [0.3, 0.4) is 0 Å². The molecule has 0 saturated heterocycles. The summed E-state index contributed by atoms with van der Waals surface area (Å²) in [4.78, 5) is 25.8. The molecule has 0 unspecified atom stereocenters. The number of ketones is 2. The summed E-state index contributed by atoms with van der Waals surface area (Å²) >= 11 is 0. The molecule has 3 aliphatic rings. The molecule has 28 heavy (non-hydrogen) atoms. The van der Waals surface area contributed by atoms with E-state index in [2.05, 4.69) is 0 Å². The van der Waals surface area contributed by atoms with Crippen molar-refractivity contribution in [3.63, 3.8) is 0 Å². The Hall–Kier alpha value is -3.14. The van der Waals surface area contributed by atoms with E-state index >= 15 is 0 Å². The van der Waals surface area contributed by atoms with Gasteiger partial charge in [0.05, 0.1) is 20.1 Å². The van der Waals surface area contributed by atoms with Gasteiger partial charge >= 0.3 is 0 Å². The number of ether oxygens (including phenoxy) is 2. The summed E-state index contributed by atoms with van der Waals surface area (Å²) < 4.78 is 10.7. The average Bonchev–Trinajstić information content (AvgIpc) is 3.35. The zero-order valence-electron chi connectivity index (χ0n) is 15.7. The fraction of sp³-hybridized carbons (Fsp3) is 0.250. The molecular weight excluding hydrogens is 352 g/mol. The summed E-state index contributed by atoms with van der Waals surface area (Å²) in [7, 11) is 3.26. The van der Waals surface area contributed by atoms with Gasteiger partial charge in [-0.25, -0.2) is 0 Å². The standard InChI is InChI=1S/C24H20O4/c1-27-15-7-3-5-13(9-15)17-11-19-21-20(25)12-18(22(21)23(17)24(19)26)14-6-4-8-16(10-14)28-2/h3-12,19,21-23H,1-2H3/t19-,21-,22+,23+/m0/s1. The molecule has 0 heterocycles. The maximum Gasteiger partial charge on any atom is 0.160 e. The Morgan fingerprint density at radius 2 is 1.39 bits per heavy atom. The maximum absolute atomic E-state index is 13.1. The second-order valence-electron chi connectivity index (χ2n) is 7.55. The van der Waals surface area contributed by atoms with Gasteiger partial charge in [-0.05, 0) is 52.6 Å². The number of carbonyl (C=O) groups excluding carboxylic acids is 2. The second-order valence-corrected chi connectivity index (χ2v) is 7.55. The number of fused-ring (bicyclic) bond motifs is 5. The highest BCUT2D eigenvalue weighted by Crippen LogP contribution is 2.59. The number of methoxy groups -OCH3 is 2. The third-order valence-electron chi connectivity index (χ3n) is 6.25. The smallest absolute Gasteiger partial charge is 0.160 e. The Morgan fingerprint density at radius 1 is 0.786 bits per heavy atom. The molecule has 3 aliphatic carbocycles. The Morgan fingerprint density at radius 3 is 2.00 bits per heavy atom. The molecule has 4 nitrogen and oxygen atoms in total. The van der Waals surface area contributed by atoms with Crippen LogP contribution in [0.15, 0.2) is 60.7 Å². The quantitative estimate of drug-likeness (QED) is 0.819. The van der Waals surface area contributed by atoms with Gasteiger partial charge < -0.3 is 9.47 Å². The molecule has 1 saturated carbocycles. The lowest BCUT2D eigenvalue weighted by atomic mass is 9.75. The molecule has 1 fully saturated rings. The van der Waals surface area contributed by atoms with Crippen molar-refractivity contribution in [3.8, 4) is 11.5 Å². The van der Waals surface area contributed by atoms with E-state index in [4.69, 9.17) is 9.47 Å². The van der Waals surface area contributed by atoms with Crippen molar-refractivity contribution < 1.29 is 19.1 Å². The van der Waals surface area contributed by atoms with Crippen molar-refractivity contribution in [3.05, 3.63) is 71.8 Å². The largest absolute Gasteiger partial charge is 0.497 e. The summed E-state index contributed by atoms with van der Waals surface area (Å²) in [6.45, 7) is 0. The summed E-state index contributed by atoms with van der Waals surface area (Å²) in [5.41, 5.74) is 3.90. The molecule has 5 rings (SSSR count). The van der Waals surface area contributed by atoms with Gasteiger partial charge in [0.15, 0.2) is 5.78 Å². The second kappa shape index (κ2) is 6.20. The molecular formula is C24H20O4. The van der Waals surface area contributed by atoms with E-state index in [9.17, 15) is 9.59 Å². The number of hydrogen-bond acceptors (Lipinski definition) is 4. The molecule has 2 bridgehead atoms. The van der Waals surface area contributed by atoms with Gasteiger partial charge in [0.2, 0.25) is 0 Å². The zero-order valence-corrected chi connectivity index (χ0v) is 15.7. The van der Waals surface area contributed by atoms with Crippen LogP contribution in [-0.4, -0.2) is 25.8 Å². The zero-order chi connectivity index (χ0) is 19.4. The lowest BCUT2D eigenvalue weighted by Gasteiger charge is -2.26. The van der Waals surface area contributed by atoms with Gasteiger partial charge in [0, 0.05) is 17.8 Å². The van der Waals surface area contributed by atoms with E-state index in [-0.39, 0.29) is 35.2 Å². The Kier molecular flexibility index (Phi) is 3.76. The minimum absolute atomic E-state index is 0.0598. The summed E-state index contributed by atoms with van der Waals surface area (Å²) in [6, 6.07) is 15.5. The molecule has 0 aliphatic heterocycles. The normalized spacial score (nSPS) is 27.5. The van der Waals surface area contributed by atoms with Crippen molar-refractivity contribution in [2.75, 3.05) is 14.2 Å². The van der Waals surface area contributed by atoms with Crippen molar-refractivity contribution in [1.82, 2.24) is 0 Å². The van der Waals surface area contributed by atoms with E-state index in [1.165, 1.54) is 0 Å². The van der Waals surface area contributed by atoms with Crippen molar-refractivity contribution in [2.24, 2.45) is 23.7 Å². The van der Waals surface area contributed by atoms with Crippen LogP contribution in [0.5, 0.6) is 11.5 Å². The minimum atomic E-state index is -0.331. The van der Waals surface area contributed by atoms with Gasteiger partial charge in [0.1, 0.15) is 17.3 Å². The molecule has 0 amide bonds. The molecule has 4 heteroatoms. The van der Waals surface area contributed by atoms with Crippen molar-refractivity contribution in [1.29, 1.82) is 0 Å². The summed E-state index contributed by atoms with van der Waals surface area (Å²) in [6.07, 6.45) is 3.74. The van der Waals surface area contributed by atoms with Crippen LogP contribution in [-0.2, 0) is 9.59 Å². The highest BCUT2D eigenvalue weighted by Gasteiger charge is 2.60. The van der Waals surface area contributed by atoms with Crippen LogP contribution in [0.2, 0.25) is 0 Å². The van der Waals surface area contributed by atoms with Crippen LogP contribution in [0.1, 0.15) is 11.1 Å². The first-order valence-corrected chi connectivity index (χ1v) is 9.42. The Bertz CT molecular complexity index is 1060. The third kappa shape index (κ3) is 2.30. The van der Waals surface area contributed by atoms with E-state index in [0.29, 0.717) is 0 Å². The number of hydrogen-bond donors (Lipinski definition) is 0. The summed E-state index contributed by atoms with van der Waals surface area (Å²) in [5, 5.41) is 0. The van der Waals surface area contributed by atoms with Gasteiger partial charge in [0.25, 0.3) is 0 Å². The minimum Gasteiger partial charge on any atom is -0.497 e. The number of Topliss-reactive ketones (excluding diaryl/α,β-unsaturated/α-hetero) is 1. The molecule has 0 N–H and O–H groups in total. The average molecular weight is 372 g/mol. The summed E-state index contributed by atoms with van der Waals surface area (Å²) in [5.74, 6) is 0.730. The predicted molar refractivity (Wildman–Crippen MR) is 106 cm³/mol. The SMILES string of the molecule is COc1cccc(C2=C[C@@H]3C(=O)[C@H]2[C@@H]2C(c4cccc(OC)c4)=CC(=O)[C@@H]23)c1. The van der Waals surface area contributed by atoms with Crippen molar-refractivity contribution >= 4 is 22.7 Å². The van der Waals surface area contributed by atoms with E-state index < -0.39 is 0 Å². The number of benzene rings is 2. The highest BCUT2D eigenvalue weighted by molar-refractivity contribution is 6.16. The molecule has 0 spiro atoms. The van der Waals surface area contributed by atoms with E-state index in [0.717, 1.165) is 33.8 Å². The van der Waals surface area contributed by atoms with Crippen LogP contribution >= 0.6 is 0 Å². The molecule has 4 atom stereocenters. The fourth-order valence-corrected chi connectivity index (χ4v) is 5.05. The van der Waals surface area contributed by atoms with Crippen LogP contribution < -0.4 is 9.47 Å². The maximum atomic E-state index is 13.1. The van der Waals surface area contributed by atoms with Gasteiger partial charge in [-0.1, -0.05) is 30.3 Å². The third-order valence-corrected chi connectivity index (χ3v) is 6.25. The topological polar surface area (TPSA) is 52.6 Å². The first-order chi connectivity index (χ1) is 13.6. The predicted octanol–water partition coefficient (Wildman–Crippen LogP) is 3.81. The molecule has 2 aromatic rings. The molecule has 2 aromatic carbocycles. The Balaban J connectivity index is 1.58. The Labute approximate surface area is 163 Å². The van der Waals surface area contributed by atoms with Gasteiger partial charge in [-0.2, -0.15) is 0 Å². The number of rotatable bonds is 4. The fourth-order valence-electron chi connectivity index (χ4n) is 5.05. The van der Waals surface area contributed by atoms with Gasteiger partial charge in [-0.3, -0.25) is 9.59 Å². The lowest BCUT2D eigenvalue weighted by Crippen LogP contribution is -2.23. The number of allylic oxidation sites excluding steroid dienone is 4. The van der Waals surface area contributed by atoms with Crippen LogP contribution in [0.25, 0.3) is 11.1 Å². The van der Waals surface area contributed by atoms with Gasteiger partial charge in [-0.15, -0.1) is 0 Å². The first-order valence-electron chi connectivity index (χ1n) is 9.42. The number of carbonyl (C=O) groups is 2. The van der Waals surface area contributed by atoms with E-state index in [1.54, 1.807) is 20.3 Å². The first kappa shape index (κ1) is 17.0. The monoisotopic (exact) mass is 372 g/mol. The van der Waals surface area contributed by atoms with E-state index in [1.807, 2.05) is 54.6 Å². The molecule has 140 valence electrons. The molecule has 0 radical (unpaired) electrons. The molecule has 0 aromatic heterocycles. The van der Waals surface area contributed by atoms with Crippen molar-refractivity contribution in [2.45, 2.75) is 0 Å². The highest BCUT2D eigenvalue weighted by atomic mass is 16.5. The van der Waals surface area contributed by atoms with Crippen LogP contribution in [0.4, 0.5) is 0 Å². The lowest BCUT2D eigenvalue weighted by molar-refractivity contribution is -0.124.